The molecule has 0 aromatic rings. The summed E-state index contributed by atoms with van der Waals surface area (Å²) in [6.45, 7) is 3.00. The van der Waals surface area contributed by atoms with Crippen LogP contribution in [0.1, 0.15) is 26.7 Å². The van der Waals surface area contributed by atoms with Gasteiger partial charge in [0.05, 0.1) is 11.5 Å². The molecule has 1 nitrogen and oxygen atoms in total. The van der Waals surface area contributed by atoms with E-state index in [0.29, 0.717) is 0 Å². The number of nitrogens with zero attached hydrogens (tertiary/aromatic N) is 1. The predicted octanol–water partition coefficient (Wildman–Crippen LogP) is 2.88. The Kier molecular flexibility index (Phi) is 2.92. The van der Waals surface area contributed by atoms with Gasteiger partial charge >= 0.3 is 6.18 Å². The summed E-state index contributed by atoms with van der Waals surface area (Å²) in [6.07, 6.45) is -5.16. The van der Waals surface area contributed by atoms with Gasteiger partial charge in [0.2, 0.25) is 0 Å². The van der Waals surface area contributed by atoms with E-state index in [-0.39, 0.29) is 6.42 Å². The Balaban J connectivity index is 3.83. The monoisotopic (exact) mass is 165 g/mol. The van der Waals surface area contributed by atoms with Crippen molar-refractivity contribution >= 4 is 0 Å². The number of nitriles is 1. The molecule has 0 amide bonds. The summed E-state index contributed by atoms with van der Waals surface area (Å²) >= 11 is 0. The van der Waals surface area contributed by atoms with Gasteiger partial charge < -0.3 is 0 Å². The zero-order chi connectivity index (χ0) is 9.12. The molecule has 0 heterocycles. The van der Waals surface area contributed by atoms with Crippen LogP contribution in [0, 0.1) is 16.7 Å². The summed E-state index contributed by atoms with van der Waals surface area (Å²) in [7, 11) is 0. The number of hydrogen-bond donors (Lipinski definition) is 0. The third-order valence-corrected chi connectivity index (χ3v) is 1.34. The van der Waals surface area contributed by atoms with Crippen molar-refractivity contribution in [1.82, 2.24) is 0 Å². The molecule has 0 unspecified atom stereocenters. The predicted molar refractivity (Wildman–Crippen MR) is 34.7 cm³/mol. The highest BCUT2D eigenvalue weighted by Gasteiger charge is 2.30. The molecule has 0 saturated carbocycles. The van der Waals surface area contributed by atoms with Crippen LogP contribution in [-0.2, 0) is 0 Å². The Hall–Kier alpha value is -0.720. The van der Waals surface area contributed by atoms with Crippen LogP contribution < -0.4 is 0 Å². The second-order valence-electron chi connectivity index (χ2n) is 3.11. The first kappa shape index (κ1) is 10.3. The minimum Gasteiger partial charge on any atom is -0.198 e. The van der Waals surface area contributed by atoms with E-state index < -0.39 is 18.0 Å². The molecule has 11 heavy (non-hydrogen) atoms. The normalized spacial score (nSPS) is 12.7. The average Bonchev–Trinajstić information content (AvgIpc) is 1.83. The number of halogens is 3. The number of rotatable bonds is 2. The van der Waals surface area contributed by atoms with Crippen molar-refractivity contribution in [2.24, 2.45) is 5.41 Å². The SMILES string of the molecule is CC(C)(C#N)CCC(F)(F)F. The number of alkyl halides is 3. The van der Waals surface area contributed by atoms with Crippen molar-refractivity contribution in [3.8, 4) is 6.07 Å². The zero-order valence-electron chi connectivity index (χ0n) is 6.50. The van der Waals surface area contributed by atoms with Crippen molar-refractivity contribution in [1.29, 1.82) is 5.26 Å². The topological polar surface area (TPSA) is 23.8 Å². The van der Waals surface area contributed by atoms with Gasteiger partial charge in [-0.25, -0.2) is 0 Å². The smallest absolute Gasteiger partial charge is 0.198 e. The highest BCUT2D eigenvalue weighted by molar-refractivity contribution is 4.91. The largest absolute Gasteiger partial charge is 0.389 e. The molecule has 0 atom stereocenters. The third kappa shape index (κ3) is 5.71. The van der Waals surface area contributed by atoms with Crippen molar-refractivity contribution < 1.29 is 13.2 Å². The van der Waals surface area contributed by atoms with Crippen LogP contribution in [0.15, 0.2) is 0 Å². The lowest BCUT2D eigenvalue weighted by molar-refractivity contribution is -0.138. The van der Waals surface area contributed by atoms with E-state index in [4.69, 9.17) is 5.26 Å². The van der Waals surface area contributed by atoms with E-state index in [1.54, 1.807) is 0 Å². The van der Waals surface area contributed by atoms with E-state index in [1.807, 2.05) is 6.07 Å². The molecule has 64 valence electrons. The van der Waals surface area contributed by atoms with Crippen LogP contribution in [0.2, 0.25) is 0 Å². The summed E-state index contributed by atoms with van der Waals surface area (Å²) in [6, 6.07) is 1.81. The summed E-state index contributed by atoms with van der Waals surface area (Å²) in [5, 5.41) is 8.37. The first-order valence-electron chi connectivity index (χ1n) is 3.25. The Morgan fingerprint density at radius 1 is 1.18 bits per heavy atom. The maximum atomic E-state index is 11.6. The molecule has 4 heteroatoms. The van der Waals surface area contributed by atoms with E-state index in [1.165, 1.54) is 13.8 Å². The van der Waals surface area contributed by atoms with Gasteiger partial charge in [0.1, 0.15) is 0 Å². The lowest BCUT2D eigenvalue weighted by Gasteiger charge is -2.15. The summed E-state index contributed by atoms with van der Waals surface area (Å²) in [4.78, 5) is 0. The maximum Gasteiger partial charge on any atom is 0.389 e. The summed E-state index contributed by atoms with van der Waals surface area (Å²) in [5.74, 6) is 0. The van der Waals surface area contributed by atoms with Crippen LogP contribution in [-0.4, -0.2) is 6.18 Å². The van der Waals surface area contributed by atoms with E-state index >= 15 is 0 Å². The summed E-state index contributed by atoms with van der Waals surface area (Å²) < 4.78 is 34.8. The van der Waals surface area contributed by atoms with Gasteiger partial charge in [0.15, 0.2) is 0 Å². The molecular formula is C7H10F3N. The Morgan fingerprint density at radius 2 is 1.64 bits per heavy atom. The molecule has 0 aliphatic heterocycles. The van der Waals surface area contributed by atoms with Crippen LogP contribution in [0.5, 0.6) is 0 Å². The molecule has 0 rings (SSSR count). The fourth-order valence-electron chi connectivity index (χ4n) is 0.510. The molecule has 0 aliphatic carbocycles. The maximum absolute atomic E-state index is 11.6. The van der Waals surface area contributed by atoms with Gasteiger partial charge in [-0.3, -0.25) is 0 Å². The first-order chi connectivity index (χ1) is 4.77. The second-order valence-corrected chi connectivity index (χ2v) is 3.11. The number of hydrogen-bond acceptors (Lipinski definition) is 1. The highest BCUT2D eigenvalue weighted by Crippen LogP contribution is 2.29. The van der Waals surface area contributed by atoms with Gasteiger partial charge in [0.25, 0.3) is 0 Å². The Labute approximate surface area is 63.8 Å². The fraction of sp³-hybridized carbons (Fsp3) is 0.857. The minimum atomic E-state index is -4.14. The van der Waals surface area contributed by atoms with E-state index in [9.17, 15) is 13.2 Å². The van der Waals surface area contributed by atoms with Crippen LogP contribution in [0.3, 0.4) is 0 Å². The van der Waals surface area contributed by atoms with Crippen LogP contribution in [0.4, 0.5) is 13.2 Å². The van der Waals surface area contributed by atoms with Gasteiger partial charge in [-0.15, -0.1) is 0 Å². The van der Waals surface area contributed by atoms with Crippen LogP contribution >= 0.6 is 0 Å². The Morgan fingerprint density at radius 3 is 1.91 bits per heavy atom. The van der Waals surface area contributed by atoms with E-state index in [0.717, 1.165) is 0 Å². The van der Waals surface area contributed by atoms with Gasteiger partial charge in [-0.1, -0.05) is 0 Å². The molecule has 0 radical (unpaired) electrons. The van der Waals surface area contributed by atoms with Gasteiger partial charge in [-0.05, 0) is 20.3 Å². The molecule has 0 N–H and O–H groups in total. The average molecular weight is 165 g/mol. The van der Waals surface area contributed by atoms with E-state index in [2.05, 4.69) is 0 Å². The molecule has 0 aromatic heterocycles. The minimum absolute atomic E-state index is 0.132. The lowest BCUT2D eigenvalue weighted by atomic mass is 9.90. The molecule has 0 bridgehead atoms. The molecular weight excluding hydrogens is 155 g/mol. The lowest BCUT2D eigenvalue weighted by Crippen LogP contribution is -2.15. The zero-order valence-corrected chi connectivity index (χ0v) is 6.50. The molecule has 0 aliphatic rings. The standard InChI is InChI=1S/C7H10F3N/c1-6(2,5-11)3-4-7(8,9)10/h3-4H2,1-2H3. The molecule has 0 aromatic carbocycles. The van der Waals surface area contributed by atoms with Crippen molar-refractivity contribution in [2.75, 3.05) is 0 Å². The highest BCUT2D eigenvalue weighted by atomic mass is 19.4. The molecule has 0 spiro atoms. The van der Waals surface area contributed by atoms with Gasteiger partial charge in [0, 0.05) is 6.42 Å². The third-order valence-electron chi connectivity index (χ3n) is 1.34. The van der Waals surface area contributed by atoms with Crippen LogP contribution in [0.25, 0.3) is 0 Å². The quantitative estimate of drug-likeness (QED) is 0.617. The van der Waals surface area contributed by atoms with Crippen molar-refractivity contribution in [3.63, 3.8) is 0 Å². The fourth-order valence-corrected chi connectivity index (χ4v) is 0.510. The first-order valence-corrected chi connectivity index (χ1v) is 3.25. The van der Waals surface area contributed by atoms with Crippen molar-refractivity contribution in [3.05, 3.63) is 0 Å². The summed E-state index contributed by atoms with van der Waals surface area (Å²) in [5.41, 5.74) is -0.866. The second kappa shape index (κ2) is 3.12. The van der Waals surface area contributed by atoms with Crippen molar-refractivity contribution in [2.45, 2.75) is 32.9 Å². The van der Waals surface area contributed by atoms with Gasteiger partial charge in [-0.2, -0.15) is 18.4 Å². The Bertz CT molecular complexity index is 164. The molecule has 0 saturated heterocycles. The molecule has 0 fully saturated rings.